The van der Waals surface area contributed by atoms with Crippen LogP contribution in [0.3, 0.4) is 0 Å². The molecule has 0 unspecified atom stereocenters. The molecule has 0 aromatic rings. The first kappa shape index (κ1) is 10.6. The molecule has 0 radical (unpaired) electrons. The Balaban J connectivity index is 3.17. The molecule has 0 aliphatic rings. The van der Waals surface area contributed by atoms with Gasteiger partial charge in [0.05, 0.1) is 6.04 Å². The van der Waals surface area contributed by atoms with Crippen LogP contribution in [0, 0.1) is 0 Å². The van der Waals surface area contributed by atoms with Crippen molar-refractivity contribution in [3.8, 4) is 0 Å². The first-order chi connectivity index (χ1) is 5.18. The quantitative estimate of drug-likeness (QED) is 0.595. The molecule has 2 heteroatoms. The number of carbonyl (C=O) groups excluding carboxylic acids is 1. The van der Waals surface area contributed by atoms with E-state index in [1.807, 2.05) is 6.92 Å². The predicted octanol–water partition coefficient (Wildman–Crippen LogP) is 1.74. The Labute approximate surface area is 69.4 Å². The van der Waals surface area contributed by atoms with Crippen LogP contribution in [0.5, 0.6) is 0 Å². The van der Waals surface area contributed by atoms with Crippen LogP contribution in [0.15, 0.2) is 0 Å². The maximum Gasteiger partial charge on any atom is 0.146 e. The average molecular weight is 157 g/mol. The van der Waals surface area contributed by atoms with Gasteiger partial charge in [-0.15, -0.1) is 0 Å². The fraction of sp³-hybridized carbons (Fsp3) is 0.889. The van der Waals surface area contributed by atoms with Gasteiger partial charge in [-0.1, -0.05) is 19.8 Å². The normalized spacial score (nSPS) is 13.0. The van der Waals surface area contributed by atoms with Gasteiger partial charge in [0, 0.05) is 0 Å². The molecular formula is C9H19NO. The zero-order chi connectivity index (χ0) is 8.69. The number of nitrogens with one attached hydrogen (secondary N) is 1. The van der Waals surface area contributed by atoms with E-state index in [0.29, 0.717) is 0 Å². The molecule has 1 N–H and O–H groups in total. The fourth-order valence-electron chi connectivity index (χ4n) is 0.837. The van der Waals surface area contributed by atoms with Crippen LogP contribution in [0.25, 0.3) is 0 Å². The van der Waals surface area contributed by atoms with E-state index in [1.54, 1.807) is 6.92 Å². The van der Waals surface area contributed by atoms with E-state index in [4.69, 9.17) is 0 Å². The van der Waals surface area contributed by atoms with Crippen molar-refractivity contribution in [3.63, 3.8) is 0 Å². The molecule has 1 atom stereocenters. The van der Waals surface area contributed by atoms with Crippen molar-refractivity contribution in [1.29, 1.82) is 0 Å². The SMILES string of the molecule is CCCCCN[C@@H](C)C(C)=O. The second kappa shape index (κ2) is 6.35. The summed E-state index contributed by atoms with van der Waals surface area (Å²) in [6.45, 7) is 6.68. The molecule has 0 amide bonds. The molecule has 0 rings (SSSR count). The molecule has 0 bridgehead atoms. The Hall–Kier alpha value is -0.370. The summed E-state index contributed by atoms with van der Waals surface area (Å²) in [5.41, 5.74) is 0. The lowest BCUT2D eigenvalue weighted by Gasteiger charge is -2.08. The molecule has 2 nitrogen and oxygen atoms in total. The Morgan fingerprint density at radius 1 is 1.45 bits per heavy atom. The van der Waals surface area contributed by atoms with Gasteiger partial charge in [0.2, 0.25) is 0 Å². The van der Waals surface area contributed by atoms with Crippen molar-refractivity contribution in [2.45, 2.75) is 46.1 Å². The van der Waals surface area contributed by atoms with Gasteiger partial charge in [0.1, 0.15) is 5.78 Å². The van der Waals surface area contributed by atoms with Crippen LogP contribution < -0.4 is 5.32 Å². The first-order valence-corrected chi connectivity index (χ1v) is 4.42. The molecule has 0 aromatic heterocycles. The number of ketones is 1. The molecule has 0 heterocycles. The summed E-state index contributed by atoms with van der Waals surface area (Å²) < 4.78 is 0. The molecular weight excluding hydrogens is 138 g/mol. The van der Waals surface area contributed by atoms with Crippen molar-refractivity contribution >= 4 is 5.78 Å². The zero-order valence-corrected chi connectivity index (χ0v) is 7.81. The second-order valence-electron chi connectivity index (χ2n) is 2.99. The van der Waals surface area contributed by atoms with E-state index in [9.17, 15) is 4.79 Å². The van der Waals surface area contributed by atoms with Crippen LogP contribution in [-0.4, -0.2) is 18.4 Å². The fourth-order valence-corrected chi connectivity index (χ4v) is 0.837. The minimum atomic E-state index is 0.0341. The van der Waals surface area contributed by atoms with Crippen molar-refractivity contribution in [1.82, 2.24) is 5.32 Å². The van der Waals surface area contributed by atoms with Crippen molar-refractivity contribution < 1.29 is 4.79 Å². The number of hydrogen-bond acceptors (Lipinski definition) is 2. The molecule has 66 valence electrons. The maximum atomic E-state index is 10.7. The van der Waals surface area contributed by atoms with E-state index >= 15 is 0 Å². The molecule has 0 fully saturated rings. The van der Waals surface area contributed by atoms with Gasteiger partial charge in [-0.2, -0.15) is 0 Å². The Kier molecular flexibility index (Phi) is 6.13. The molecule has 0 aliphatic heterocycles. The average Bonchev–Trinajstić information content (AvgIpc) is 1.97. The van der Waals surface area contributed by atoms with Crippen molar-refractivity contribution in [3.05, 3.63) is 0 Å². The van der Waals surface area contributed by atoms with E-state index in [1.165, 1.54) is 19.3 Å². The van der Waals surface area contributed by atoms with E-state index < -0.39 is 0 Å². The molecule has 0 saturated carbocycles. The predicted molar refractivity (Wildman–Crippen MR) is 47.7 cm³/mol. The van der Waals surface area contributed by atoms with Crippen LogP contribution in [0.2, 0.25) is 0 Å². The van der Waals surface area contributed by atoms with Crippen LogP contribution in [0.4, 0.5) is 0 Å². The van der Waals surface area contributed by atoms with Crippen LogP contribution >= 0.6 is 0 Å². The van der Waals surface area contributed by atoms with Crippen LogP contribution in [0.1, 0.15) is 40.0 Å². The highest BCUT2D eigenvalue weighted by Gasteiger charge is 2.03. The van der Waals surface area contributed by atoms with Gasteiger partial charge in [-0.25, -0.2) is 0 Å². The number of hydrogen-bond donors (Lipinski definition) is 1. The molecule has 0 aromatic carbocycles. The first-order valence-electron chi connectivity index (χ1n) is 4.42. The Morgan fingerprint density at radius 2 is 2.09 bits per heavy atom. The molecule has 0 spiro atoms. The van der Waals surface area contributed by atoms with Gasteiger partial charge in [-0.05, 0) is 26.8 Å². The third-order valence-corrected chi connectivity index (χ3v) is 1.84. The van der Waals surface area contributed by atoms with Crippen molar-refractivity contribution in [2.24, 2.45) is 0 Å². The highest BCUT2D eigenvalue weighted by molar-refractivity contribution is 5.80. The van der Waals surface area contributed by atoms with E-state index in [2.05, 4.69) is 12.2 Å². The van der Waals surface area contributed by atoms with E-state index in [0.717, 1.165) is 6.54 Å². The topological polar surface area (TPSA) is 29.1 Å². The van der Waals surface area contributed by atoms with E-state index in [-0.39, 0.29) is 11.8 Å². The zero-order valence-electron chi connectivity index (χ0n) is 7.81. The lowest BCUT2D eigenvalue weighted by Crippen LogP contribution is -2.32. The van der Waals surface area contributed by atoms with Crippen LogP contribution in [-0.2, 0) is 4.79 Å². The maximum absolute atomic E-state index is 10.7. The highest BCUT2D eigenvalue weighted by atomic mass is 16.1. The number of rotatable bonds is 6. The number of carbonyl (C=O) groups is 1. The molecule has 0 saturated heterocycles. The monoisotopic (exact) mass is 157 g/mol. The third kappa shape index (κ3) is 6.05. The van der Waals surface area contributed by atoms with Gasteiger partial charge in [0.15, 0.2) is 0 Å². The van der Waals surface area contributed by atoms with Gasteiger partial charge in [-0.3, -0.25) is 4.79 Å². The Morgan fingerprint density at radius 3 is 2.55 bits per heavy atom. The Bertz CT molecular complexity index is 112. The highest BCUT2D eigenvalue weighted by Crippen LogP contribution is 1.92. The molecule has 11 heavy (non-hydrogen) atoms. The minimum absolute atomic E-state index is 0.0341. The largest absolute Gasteiger partial charge is 0.308 e. The van der Waals surface area contributed by atoms with Gasteiger partial charge in [0.25, 0.3) is 0 Å². The smallest absolute Gasteiger partial charge is 0.146 e. The lowest BCUT2D eigenvalue weighted by atomic mass is 10.2. The van der Waals surface area contributed by atoms with Gasteiger partial charge < -0.3 is 5.32 Å². The summed E-state index contributed by atoms with van der Waals surface area (Å²) >= 11 is 0. The minimum Gasteiger partial charge on any atom is -0.308 e. The number of unbranched alkanes of at least 4 members (excludes halogenated alkanes) is 2. The lowest BCUT2D eigenvalue weighted by molar-refractivity contribution is -0.118. The van der Waals surface area contributed by atoms with Gasteiger partial charge >= 0.3 is 0 Å². The summed E-state index contributed by atoms with van der Waals surface area (Å²) in [5, 5.41) is 3.17. The summed E-state index contributed by atoms with van der Waals surface area (Å²) in [6.07, 6.45) is 3.65. The third-order valence-electron chi connectivity index (χ3n) is 1.84. The number of Topliss-reactive ketones (excluding diaryl/α,β-unsaturated/α-hetero) is 1. The summed E-state index contributed by atoms with van der Waals surface area (Å²) in [4.78, 5) is 10.7. The molecule has 0 aliphatic carbocycles. The van der Waals surface area contributed by atoms with Crippen molar-refractivity contribution in [2.75, 3.05) is 6.54 Å². The second-order valence-corrected chi connectivity index (χ2v) is 2.99. The summed E-state index contributed by atoms with van der Waals surface area (Å²) in [7, 11) is 0. The summed E-state index contributed by atoms with van der Waals surface area (Å²) in [5.74, 6) is 0.224. The standard InChI is InChI=1S/C9H19NO/c1-4-5-6-7-10-8(2)9(3)11/h8,10H,4-7H2,1-3H3/t8-/m0/s1. The summed E-state index contributed by atoms with van der Waals surface area (Å²) in [6, 6.07) is 0.0341.